The Bertz CT molecular complexity index is 1760. The molecule has 1 saturated heterocycles. The molecule has 2 aliphatic carbocycles. The zero-order chi connectivity index (χ0) is 37.6. The van der Waals surface area contributed by atoms with Gasteiger partial charge in [-0.3, -0.25) is 28.8 Å². The van der Waals surface area contributed by atoms with E-state index in [-0.39, 0.29) is 38.9 Å². The Hall–Kier alpha value is -4.05. The van der Waals surface area contributed by atoms with Gasteiger partial charge in [0.25, 0.3) is 5.91 Å². The molecule has 0 aromatic heterocycles. The van der Waals surface area contributed by atoms with Crippen LogP contribution in [0.25, 0.3) is 0 Å². The van der Waals surface area contributed by atoms with Gasteiger partial charge in [-0.25, -0.2) is 17.6 Å². The molecular formula is C36H48FN5O9S. The van der Waals surface area contributed by atoms with Crippen LogP contribution in [-0.2, 0) is 47.0 Å². The summed E-state index contributed by atoms with van der Waals surface area (Å²) in [7, 11) is -3.93. The summed E-state index contributed by atoms with van der Waals surface area (Å²) in [6.45, 7) is 4.94. The van der Waals surface area contributed by atoms with E-state index >= 15 is 0 Å². The lowest BCUT2D eigenvalue weighted by atomic mass is 9.88. The lowest BCUT2D eigenvalue weighted by Crippen LogP contribution is -2.59. The third-order valence-electron chi connectivity index (χ3n) is 10.7. The number of nitrogens with zero attached hydrogens (tertiary/aromatic N) is 2. The number of aliphatic hydroxyl groups is 1. The number of allylic oxidation sites excluding steroid dienone is 1. The fourth-order valence-electron chi connectivity index (χ4n) is 7.22. The van der Waals surface area contributed by atoms with Gasteiger partial charge in [-0.05, 0) is 55.6 Å². The van der Waals surface area contributed by atoms with Crippen LogP contribution in [0.1, 0.15) is 89.7 Å². The molecule has 5 amide bonds. The summed E-state index contributed by atoms with van der Waals surface area (Å²) in [5.41, 5.74) is -1.38. The number of sulfonamides is 1. The normalized spacial score (nSPS) is 29.3. The number of aliphatic hydroxyl groups excluding tert-OH is 1. The predicted molar refractivity (Wildman–Crippen MR) is 185 cm³/mol. The zero-order valence-electron chi connectivity index (χ0n) is 29.7. The second-order valence-corrected chi connectivity index (χ2v) is 17.8. The minimum Gasteiger partial charge on any atom is -0.444 e. The van der Waals surface area contributed by atoms with Crippen molar-refractivity contribution < 1.29 is 46.6 Å². The number of benzene rings is 1. The highest BCUT2D eigenvalue weighted by Gasteiger charge is 2.62. The van der Waals surface area contributed by atoms with Gasteiger partial charge < -0.3 is 25.4 Å². The zero-order valence-corrected chi connectivity index (χ0v) is 30.5. The SMILES string of the molecule is CC(C)(C)C(O)C(=O)N[C@H]1CCCCC/C=C\[C@H]2C[C@@]2(C(=O)NS(=O)(=O)C2CC2)NC(=O)[C@@H]2C[C@@H](OC(=O)N3Cc4cccc(F)c4C3)CN2C1=O. The molecule has 3 fully saturated rings. The largest absolute Gasteiger partial charge is 0.444 e. The van der Waals surface area contributed by atoms with E-state index in [9.17, 15) is 41.9 Å². The van der Waals surface area contributed by atoms with Crippen LogP contribution in [0.3, 0.4) is 0 Å². The van der Waals surface area contributed by atoms with Crippen molar-refractivity contribution in [2.45, 2.75) is 127 Å². The molecule has 3 heterocycles. The van der Waals surface area contributed by atoms with Crippen LogP contribution in [0.2, 0.25) is 0 Å². The van der Waals surface area contributed by atoms with Crippen LogP contribution in [0.5, 0.6) is 0 Å². The van der Waals surface area contributed by atoms with E-state index in [2.05, 4.69) is 15.4 Å². The third-order valence-corrected chi connectivity index (χ3v) is 12.5. The van der Waals surface area contributed by atoms with Crippen molar-refractivity contribution in [2.75, 3.05) is 6.54 Å². The average Bonchev–Trinajstić information content (AvgIpc) is 3.96. The topological polar surface area (TPSA) is 192 Å². The Morgan fingerprint density at radius 2 is 1.85 bits per heavy atom. The maximum absolute atomic E-state index is 14.4. The first-order valence-corrected chi connectivity index (χ1v) is 19.6. The Morgan fingerprint density at radius 1 is 1.10 bits per heavy atom. The maximum Gasteiger partial charge on any atom is 0.410 e. The number of ether oxygens (including phenoxy) is 1. The first-order valence-electron chi connectivity index (χ1n) is 18.1. The summed E-state index contributed by atoms with van der Waals surface area (Å²) < 4.78 is 47.9. The summed E-state index contributed by atoms with van der Waals surface area (Å²) >= 11 is 0. The first-order chi connectivity index (χ1) is 24.5. The van der Waals surface area contributed by atoms with Gasteiger partial charge in [-0.1, -0.05) is 57.9 Å². The minimum absolute atomic E-state index is 0.0133. The van der Waals surface area contributed by atoms with Gasteiger partial charge in [0.1, 0.15) is 35.6 Å². The molecule has 0 bridgehead atoms. The highest BCUT2D eigenvalue weighted by Crippen LogP contribution is 2.46. The number of rotatable bonds is 6. The summed E-state index contributed by atoms with van der Waals surface area (Å²) in [6, 6.07) is 2.20. The molecule has 0 radical (unpaired) electrons. The molecule has 1 aromatic rings. The Kier molecular flexibility index (Phi) is 10.4. The molecule has 284 valence electrons. The van der Waals surface area contributed by atoms with E-state index < -0.39 is 92.0 Å². The van der Waals surface area contributed by atoms with Gasteiger partial charge in [0, 0.05) is 24.4 Å². The monoisotopic (exact) mass is 745 g/mol. The minimum atomic E-state index is -3.93. The molecule has 1 aromatic carbocycles. The highest BCUT2D eigenvalue weighted by molar-refractivity contribution is 7.91. The predicted octanol–water partition coefficient (Wildman–Crippen LogP) is 2.14. The van der Waals surface area contributed by atoms with E-state index in [1.54, 1.807) is 39.0 Å². The van der Waals surface area contributed by atoms with Crippen molar-refractivity contribution in [3.8, 4) is 0 Å². The van der Waals surface area contributed by atoms with Crippen LogP contribution in [0.4, 0.5) is 9.18 Å². The van der Waals surface area contributed by atoms with Crippen LogP contribution >= 0.6 is 0 Å². The van der Waals surface area contributed by atoms with Crippen molar-refractivity contribution in [3.05, 3.63) is 47.3 Å². The molecule has 14 nitrogen and oxygen atoms in total. The quantitative estimate of drug-likeness (QED) is 0.316. The molecule has 0 spiro atoms. The molecule has 5 aliphatic rings. The molecule has 1 unspecified atom stereocenters. The van der Waals surface area contributed by atoms with Gasteiger partial charge >= 0.3 is 6.09 Å². The summed E-state index contributed by atoms with van der Waals surface area (Å²) in [5.74, 6) is -3.90. The smallest absolute Gasteiger partial charge is 0.410 e. The van der Waals surface area contributed by atoms with Crippen LogP contribution in [0, 0.1) is 17.2 Å². The third kappa shape index (κ3) is 7.97. The summed E-state index contributed by atoms with van der Waals surface area (Å²) in [6.07, 6.45) is 4.23. The highest BCUT2D eigenvalue weighted by atomic mass is 32.2. The molecule has 16 heteroatoms. The lowest BCUT2D eigenvalue weighted by molar-refractivity contribution is -0.144. The maximum atomic E-state index is 14.4. The number of fused-ring (bicyclic) bond motifs is 3. The Morgan fingerprint density at radius 3 is 2.54 bits per heavy atom. The molecule has 2 saturated carbocycles. The van der Waals surface area contributed by atoms with Crippen molar-refractivity contribution in [1.82, 2.24) is 25.2 Å². The summed E-state index contributed by atoms with van der Waals surface area (Å²) in [5, 5.41) is 15.5. The summed E-state index contributed by atoms with van der Waals surface area (Å²) in [4.78, 5) is 71.2. The number of hydrogen-bond acceptors (Lipinski definition) is 9. The number of carbonyl (C=O) groups excluding carboxylic acids is 5. The fourth-order valence-corrected chi connectivity index (χ4v) is 8.58. The van der Waals surface area contributed by atoms with E-state index in [4.69, 9.17) is 4.74 Å². The number of nitrogens with one attached hydrogen (secondary N) is 3. The second-order valence-electron chi connectivity index (χ2n) is 15.8. The molecule has 4 N–H and O–H groups in total. The average molecular weight is 746 g/mol. The number of carbonyl (C=O) groups is 5. The number of halogens is 1. The van der Waals surface area contributed by atoms with Crippen LogP contribution in [-0.4, -0.2) is 94.7 Å². The standard InChI is InChI=1S/C36H48FN5O9S/c1-35(2,3)29(43)31(45)38-27-13-8-6-4-5-7-11-22-17-36(22,33(47)40-52(49,50)24-14-15-24)39-30(44)28-16-23(19-42(28)32(27)46)51-34(48)41-18-21-10-9-12-26(37)25(21)20-41/h7,9-12,22-24,27-29,43H,4-6,8,13-20H2,1-3H3,(H,38,45)(H,39,44)(H,40,47)/b11-7-/t22-,23+,27-,28-,29?,36+/m0/s1. The first kappa shape index (κ1) is 37.7. The van der Waals surface area contributed by atoms with Gasteiger partial charge in [-0.2, -0.15) is 0 Å². The van der Waals surface area contributed by atoms with Gasteiger partial charge in [-0.15, -0.1) is 0 Å². The molecular weight excluding hydrogens is 697 g/mol. The van der Waals surface area contributed by atoms with Crippen molar-refractivity contribution in [1.29, 1.82) is 0 Å². The van der Waals surface area contributed by atoms with Gasteiger partial charge in [0.05, 0.1) is 18.3 Å². The van der Waals surface area contributed by atoms with Crippen LogP contribution in [0.15, 0.2) is 30.4 Å². The molecule has 3 aliphatic heterocycles. The molecule has 6 atom stereocenters. The van der Waals surface area contributed by atoms with Crippen molar-refractivity contribution in [3.63, 3.8) is 0 Å². The number of hydrogen-bond donors (Lipinski definition) is 4. The van der Waals surface area contributed by atoms with Crippen molar-refractivity contribution in [2.24, 2.45) is 11.3 Å². The van der Waals surface area contributed by atoms with Gasteiger partial charge in [0.15, 0.2) is 0 Å². The Labute approximate surface area is 302 Å². The van der Waals surface area contributed by atoms with Crippen molar-refractivity contribution >= 4 is 39.7 Å². The fraction of sp³-hybridized carbons (Fsp3) is 0.639. The molecule has 6 rings (SSSR count). The number of amides is 5. The van der Waals surface area contributed by atoms with E-state index in [0.717, 1.165) is 6.42 Å². The van der Waals surface area contributed by atoms with E-state index in [1.807, 2.05) is 6.08 Å². The lowest BCUT2D eigenvalue weighted by Gasteiger charge is -2.31. The Balaban J connectivity index is 1.26. The second kappa shape index (κ2) is 14.4. The van der Waals surface area contributed by atoms with Gasteiger partial charge in [0.2, 0.25) is 27.7 Å². The molecule has 52 heavy (non-hydrogen) atoms. The van der Waals surface area contributed by atoms with Crippen LogP contribution < -0.4 is 15.4 Å². The van der Waals surface area contributed by atoms with E-state index in [0.29, 0.717) is 43.2 Å². The van der Waals surface area contributed by atoms with E-state index in [1.165, 1.54) is 15.9 Å².